The van der Waals surface area contributed by atoms with Crippen LogP contribution >= 0.6 is 0 Å². The van der Waals surface area contributed by atoms with E-state index in [0.717, 1.165) is 29.7 Å². The molecule has 1 aliphatic rings. The average Bonchev–Trinajstić information content (AvgIpc) is 3.42. The molecule has 0 aliphatic heterocycles. The quantitative estimate of drug-likeness (QED) is 0.343. The molecule has 3 rings (SSSR count). The molecule has 0 bridgehead atoms. The van der Waals surface area contributed by atoms with Gasteiger partial charge in [-0.05, 0) is 63.8 Å². The Morgan fingerprint density at radius 3 is 2.50 bits per heavy atom. The number of carbonyl (C=O) groups is 1. The summed E-state index contributed by atoms with van der Waals surface area (Å²) < 4.78 is 6.03. The number of ether oxygens (including phenoxy) is 1. The predicted molar refractivity (Wildman–Crippen MR) is 140 cm³/mol. The molecule has 1 unspecified atom stereocenters. The van der Waals surface area contributed by atoms with Gasteiger partial charge in [0.15, 0.2) is 5.71 Å². The van der Waals surface area contributed by atoms with Crippen molar-refractivity contribution < 1.29 is 24.0 Å². The SMILES string of the molecule is CCON=C(C(=O)NC)c1ccccc1C(C)ON=CC(=NOC)c1ccc(OC2CCCC2)cc1. The lowest BCUT2D eigenvalue weighted by atomic mass is 9.99. The Kier molecular flexibility index (Phi) is 10.3. The molecular formula is C27H34N4O5. The maximum absolute atomic E-state index is 12.4. The molecule has 0 saturated heterocycles. The lowest BCUT2D eigenvalue weighted by Crippen LogP contribution is -2.29. The molecule has 1 N–H and O–H groups in total. The van der Waals surface area contributed by atoms with E-state index in [1.165, 1.54) is 26.2 Å². The molecule has 2 aromatic rings. The fraction of sp³-hybridized carbons (Fsp3) is 0.407. The van der Waals surface area contributed by atoms with Crippen molar-refractivity contribution in [3.8, 4) is 5.75 Å². The Hall–Kier alpha value is -3.88. The third kappa shape index (κ3) is 7.31. The Morgan fingerprint density at radius 1 is 1.11 bits per heavy atom. The van der Waals surface area contributed by atoms with Crippen LogP contribution in [-0.2, 0) is 19.3 Å². The zero-order valence-corrected chi connectivity index (χ0v) is 21.3. The highest BCUT2D eigenvalue weighted by molar-refractivity contribution is 6.45. The Bertz CT molecular complexity index is 1080. The summed E-state index contributed by atoms with van der Waals surface area (Å²) in [5.74, 6) is 0.475. The summed E-state index contributed by atoms with van der Waals surface area (Å²) in [6, 6.07) is 15.0. The molecule has 1 saturated carbocycles. The van der Waals surface area contributed by atoms with Crippen LogP contribution < -0.4 is 10.1 Å². The lowest BCUT2D eigenvalue weighted by Gasteiger charge is -2.15. The number of hydrogen-bond donors (Lipinski definition) is 1. The minimum Gasteiger partial charge on any atom is -0.490 e. The van der Waals surface area contributed by atoms with Gasteiger partial charge in [-0.1, -0.05) is 39.7 Å². The summed E-state index contributed by atoms with van der Waals surface area (Å²) in [5.41, 5.74) is 2.79. The number of oxime groups is 3. The van der Waals surface area contributed by atoms with Gasteiger partial charge in [0.05, 0.1) is 12.3 Å². The third-order valence-electron chi connectivity index (χ3n) is 5.72. The zero-order valence-electron chi connectivity index (χ0n) is 21.3. The van der Waals surface area contributed by atoms with Gasteiger partial charge in [-0.2, -0.15) is 0 Å². The van der Waals surface area contributed by atoms with E-state index < -0.39 is 6.10 Å². The first-order valence-electron chi connectivity index (χ1n) is 12.2. The van der Waals surface area contributed by atoms with Gasteiger partial charge in [0, 0.05) is 23.7 Å². The van der Waals surface area contributed by atoms with Gasteiger partial charge in [0.25, 0.3) is 5.91 Å². The molecule has 1 amide bonds. The molecule has 1 atom stereocenters. The highest BCUT2D eigenvalue weighted by Gasteiger charge is 2.21. The number of amides is 1. The summed E-state index contributed by atoms with van der Waals surface area (Å²) in [6.45, 7) is 3.97. The topological polar surface area (TPSA) is 103 Å². The zero-order chi connectivity index (χ0) is 25.8. The Morgan fingerprint density at radius 2 is 1.83 bits per heavy atom. The van der Waals surface area contributed by atoms with Crippen molar-refractivity contribution in [1.82, 2.24) is 5.32 Å². The molecule has 9 heteroatoms. The van der Waals surface area contributed by atoms with Gasteiger partial charge in [-0.25, -0.2) is 0 Å². The van der Waals surface area contributed by atoms with E-state index in [2.05, 4.69) is 20.8 Å². The standard InChI is InChI=1S/C27H34N4O5/c1-5-34-31-26(27(32)28-3)24-13-9-8-12-23(24)19(2)36-29-18-25(30-33-4)20-14-16-22(17-15-20)35-21-10-6-7-11-21/h8-9,12-19,21H,5-7,10-11H2,1-4H3,(H,28,32). The van der Waals surface area contributed by atoms with Crippen LogP contribution in [0.25, 0.3) is 0 Å². The van der Waals surface area contributed by atoms with E-state index in [1.807, 2.05) is 49.4 Å². The minimum absolute atomic E-state index is 0.163. The first-order chi connectivity index (χ1) is 17.6. The van der Waals surface area contributed by atoms with Crippen molar-refractivity contribution in [2.75, 3.05) is 20.8 Å². The van der Waals surface area contributed by atoms with Crippen molar-refractivity contribution in [2.45, 2.75) is 51.7 Å². The summed E-state index contributed by atoms with van der Waals surface area (Å²) in [4.78, 5) is 28.3. The maximum atomic E-state index is 12.4. The molecule has 1 fully saturated rings. The molecule has 0 aromatic heterocycles. The molecule has 0 heterocycles. The first-order valence-corrected chi connectivity index (χ1v) is 12.2. The lowest BCUT2D eigenvalue weighted by molar-refractivity contribution is -0.114. The number of hydrogen-bond acceptors (Lipinski definition) is 8. The van der Waals surface area contributed by atoms with Crippen LogP contribution in [0, 0.1) is 0 Å². The van der Waals surface area contributed by atoms with Crippen LogP contribution in [0.15, 0.2) is 64.0 Å². The third-order valence-corrected chi connectivity index (χ3v) is 5.72. The molecular weight excluding hydrogens is 460 g/mol. The first kappa shape index (κ1) is 26.7. The van der Waals surface area contributed by atoms with Crippen LogP contribution in [0.1, 0.15) is 62.3 Å². The van der Waals surface area contributed by atoms with Crippen molar-refractivity contribution >= 4 is 23.5 Å². The van der Waals surface area contributed by atoms with Crippen LogP contribution in [0.5, 0.6) is 5.75 Å². The van der Waals surface area contributed by atoms with Crippen LogP contribution in [-0.4, -0.2) is 50.4 Å². The predicted octanol–water partition coefficient (Wildman–Crippen LogP) is 4.61. The van der Waals surface area contributed by atoms with E-state index in [0.29, 0.717) is 24.0 Å². The molecule has 0 spiro atoms. The summed E-state index contributed by atoms with van der Waals surface area (Å²) >= 11 is 0. The number of carbonyl (C=O) groups excluding carboxylic acids is 1. The maximum Gasteiger partial charge on any atom is 0.273 e. The summed E-state index contributed by atoms with van der Waals surface area (Å²) in [6.07, 6.45) is 5.95. The number of nitrogens with zero attached hydrogens (tertiary/aromatic N) is 3. The Balaban J connectivity index is 1.72. The monoisotopic (exact) mass is 494 g/mol. The fourth-order valence-corrected chi connectivity index (χ4v) is 3.91. The number of nitrogens with one attached hydrogen (secondary N) is 1. The number of rotatable bonds is 12. The van der Waals surface area contributed by atoms with Gasteiger partial charge in [-0.15, -0.1) is 0 Å². The van der Waals surface area contributed by atoms with E-state index in [4.69, 9.17) is 19.2 Å². The van der Waals surface area contributed by atoms with Crippen molar-refractivity contribution in [1.29, 1.82) is 0 Å². The van der Waals surface area contributed by atoms with Crippen molar-refractivity contribution in [3.63, 3.8) is 0 Å². The van der Waals surface area contributed by atoms with Gasteiger partial charge in [0.1, 0.15) is 31.3 Å². The van der Waals surface area contributed by atoms with E-state index in [-0.39, 0.29) is 11.6 Å². The van der Waals surface area contributed by atoms with E-state index >= 15 is 0 Å². The van der Waals surface area contributed by atoms with Crippen LogP contribution in [0.2, 0.25) is 0 Å². The van der Waals surface area contributed by atoms with Gasteiger partial charge in [-0.3, -0.25) is 4.79 Å². The average molecular weight is 495 g/mol. The Labute approximate surface area is 212 Å². The van der Waals surface area contributed by atoms with Gasteiger partial charge in [0.2, 0.25) is 0 Å². The summed E-state index contributed by atoms with van der Waals surface area (Å²) in [7, 11) is 3.02. The van der Waals surface area contributed by atoms with Crippen LogP contribution in [0.4, 0.5) is 0 Å². The molecule has 9 nitrogen and oxygen atoms in total. The van der Waals surface area contributed by atoms with E-state index in [9.17, 15) is 4.79 Å². The molecule has 2 aromatic carbocycles. The molecule has 192 valence electrons. The molecule has 36 heavy (non-hydrogen) atoms. The fourth-order valence-electron chi connectivity index (χ4n) is 3.91. The minimum atomic E-state index is -0.486. The van der Waals surface area contributed by atoms with Gasteiger partial charge >= 0.3 is 0 Å². The smallest absolute Gasteiger partial charge is 0.273 e. The second kappa shape index (κ2) is 13.9. The molecule has 0 radical (unpaired) electrons. The summed E-state index contributed by atoms with van der Waals surface area (Å²) in [5, 5.41) is 14.8. The highest BCUT2D eigenvalue weighted by Crippen LogP contribution is 2.25. The normalized spacial score (nSPS) is 15.6. The van der Waals surface area contributed by atoms with E-state index in [1.54, 1.807) is 20.0 Å². The van der Waals surface area contributed by atoms with Crippen molar-refractivity contribution in [3.05, 3.63) is 65.2 Å². The second-order valence-corrected chi connectivity index (χ2v) is 8.21. The number of benzene rings is 2. The number of likely N-dealkylation sites (N-methyl/N-ethyl adjacent to an activating group) is 1. The van der Waals surface area contributed by atoms with Gasteiger partial charge < -0.3 is 24.6 Å². The van der Waals surface area contributed by atoms with Crippen molar-refractivity contribution in [2.24, 2.45) is 15.5 Å². The largest absolute Gasteiger partial charge is 0.490 e. The second-order valence-electron chi connectivity index (χ2n) is 8.21. The van der Waals surface area contributed by atoms with Crippen LogP contribution in [0.3, 0.4) is 0 Å². The molecule has 1 aliphatic carbocycles. The highest BCUT2D eigenvalue weighted by atomic mass is 16.6.